The molecule has 8 nitrogen and oxygen atoms in total. The number of nitrogens with zero attached hydrogens (tertiary/aromatic N) is 7. The molecule has 32 heavy (non-hydrogen) atoms. The maximum atomic E-state index is 9.23. The summed E-state index contributed by atoms with van der Waals surface area (Å²) in [6, 6.07) is 10.3. The Bertz CT molecular complexity index is 1170. The van der Waals surface area contributed by atoms with E-state index in [0.717, 1.165) is 66.6 Å². The molecule has 2 aliphatic heterocycles. The molecular weight excluding hydrogens is 402 g/mol. The van der Waals surface area contributed by atoms with Crippen molar-refractivity contribution in [3.63, 3.8) is 0 Å². The van der Waals surface area contributed by atoms with Gasteiger partial charge in [0.05, 0.1) is 30.7 Å². The van der Waals surface area contributed by atoms with Crippen LogP contribution in [-0.2, 0) is 17.7 Å². The van der Waals surface area contributed by atoms with Crippen molar-refractivity contribution in [3.05, 3.63) is 70.4 Å². The van der Waals surface area contributed by atoms with Gasteiger partial charge in [-0.15, -0.1) is 10.2 Å². The van der Waals surface area contributed by atoms with Crippen LogP contribution in [0.15, 0.2) is 36.7 Å². The first-order chi connectivity index (χ1) is 15.6. The second-order valence-corrected chi connectivity index (χ2v) is 8.26. The van der Waals surface area contributed by atoms with Gasteiger partial charge in [-0.2, -0.15) is 5.26 Å². The maximum Gasteiger partial charge on any atom is 0.166 e. The van der Waals surface area contributed by atoms with E-state index < -0.39 is 0 Å². The van der Waals surface area contributed by atoms with Gasteiger partial charge in [0.25, 0.3) is 0 Å². The van der Waals surface area contributed by atoms with Crippen LogP contribution in [0.25, 0.3) is 0 Å². The standard InChI is InChI=1S/C24H25N7O/c1-16-17(2)24(29-28-22(16)12-25)31-8-6-20-18(14-31)11-19(13-27-20)30-9-10-32-23(15-30)21-5-3-4-7-26-21/h3-5,7,11,13,23H,6,8-10,14-15H2,1-2H3. The fourth-order valence-corrected chi connectivity index (χ4v) is 4.40. The second-order valence-electron chi connectivity index (χ2n) is 8.26. The van der Waals surface area contributed by atoms with E-state index in [1.165, 1.54) is 5.56 Å². The Morgan fingerprint density at radius 2 is 2.00 bits per heavy atom. The van der Waals surface area contributed by atoms with Gasteiger partial charge in [0.2, 0.25) is 0 Å². The van der Waals surface area contributed by atoms with Gasteiger partial charge < -0.3 is 14.5 Å². The van der Waals surface area contributed by atoms with E-state index in [2.05, 4.69) is 37.1 Å². The van der Waals surface area contributed by atoms with Gasteiger partial charge in [0.15, 0.2) is 11.5 Å². The van der Waals surface area contributed by atoms with Crippen LogP contribution >= 0.6 is 0 Å². The molecule has 0 aliphatic carbocycles. The molecule has 1 saturated heterocycles. The van der Waals surface area contributed by atoms with E-state index in [4.69, 9.17) is 9.72 Å². The average molecular weight is 428 g/mol. The van der Waals surface area contributed by atoms with E-state index in [0.29, 0.717) is 12.3 Å². The lowest BCUT2D eigenvalue weighted by Gasteiger charge is -2.35. The Morgan fingerprint density at radius 1 is 1.09 bits per heavy atom. The summed E-state index contributed by atoms with van der Waals surface area (Å²) < 4.78 is 5.98. The molecule has 5 heterocycles. The van der Waals surface area contributed by atoms with Gasteiger partial charge in [-0.25, -0.2) is 0 Å². The van der Waals surface area contributed by atoms with Crippen LogP contribution in [0, 0.1) is 25.2 Å². The number of morpholine rings is 1. The number of nitriles is 1. The molecule has 0 bridgehead atoms. The summed E-state index contributed by atoms with van der Waals surface area (Å²) in [5, 5.41) is 17.7. The lowest BCUT2D eigenvalue weighted by Crippen LogP contribution is -2.39. The zero-order chi connectivity index (χ0) is 22.1. The first kappa shape index (κ1) is 20.3. The molecule has 0 radical (unpaired) electrons. The van der Waals surface area contributed by atoms with Gasteiger partial charge >= 0.3 is 0 Å². The second kappa shape index (κ2) is 8.52. The summed E-state index contributed by atoms with van der Waals surface area (Å²) in [6.07, 6.45) is 4.60. The number of hydrogen-bond acceptors (Lipinski definition) is 8. The van der Waals surface area contributed by atoms with E-state index in [-0.39, 0.29) is 6.10 Å². The maximum absolute atomic E-state index is 9.23. The highest BCUT2D eigenvalue weighted by Crippen LogP contribution is 2.30. The Balaban J connectivity index is 1.37. The molecular formula is C24H25N7O. The predicted octanol–water partition coefficient (Wildman–Crippen LogP) is 2.90. The molecule has 0 N–H and O–H groups in total. The van der Waals surface area contributed by atoms with E-state index in [9.17, 15) is 5.26 Å². The minimum Gasteiger partial charge on any atom is -0.368 e. The van der Waals surface area contributed by atoms with E-state index in [1.54, 1.807) is 0 Å². The highest BCUT2D eigenvalue weighted by Gasteiger charge is 2.26. The Kier molecular flexibility index (Phi) is 5.41. The van der Waals surface area contributed by atoms with Crippen LogP contribution in [0.2, 0.25) is 0 Å². The van der Waals surface area contributed by atoms with Crippen molar-refractivity contribution in [3.8, 4) is 6.07 Å². The van der Waals surface area contributed by atoms with Gasteiger partial charge in [-0.3, -0.25) is 9.97 Å². The molecule has 1 fully saturated rings. The highest BCUT2D eigenvalue weighted by molar-refractivity contribution is 5.55. The molecule has 1 unspecified atom stereocenters. The summed E-state index contributed by atoms with van der Waals surface area (Å²) in [4.78, 5) is 13.8. The topological polar surface area (TPSA) is 91.1 Å². The number of aromatic nitrogens is 4. The van der Waals surface area contributed by atoms with Crippen LogP contribution in [0.5, 0.6) is 0 Å². The molecule has 3 aromatic rings. The molecule has 8 heteroatoms. The molecule has 162 valence electrons. The summed E-state index contributed by atoms with van der Waals surface area (Å²) in [6.45, 7) is 7.73. The molecule has 0 amide bonds. The van der Waals surface area contributed by atoms with Crippen molar-refractivity contribution in [2.75, 3.05) is 36.0 Å². The molecule has 3 aromatic heterocycles. The largest absolute Gasteiger partial charge is 0.368 e. The summed E-state index contributed by atoms with van der Waals surface area (Å²) in [5.41, 5.74) is 6.70. The third kappa shape index (κ3) is 3.76. The van der Waals surface area contributed by atoms with E-state index in [1.807, 2.05) is 44.4 Å². The summed E-state index contributed by atoms with van der Waals surface area (Å²) in [7, 11) is 0. The van der Waals surface area contributed by atoms with Crippen LogP contribution < -0.4 is 9.80 Å². The summed E-state index contributed by atoms with van der Waals surface area (Å²) in [5.74, 6) is 0.846. The highest BCUT2D eigenvalue weighted by atomic mass is 16.5. The summed E-state index contributed by atoms with van der Waals surface area (Å²) >= 11 is 0. The van der Waals surface area contributed by atoms with Crippen molar-refractivity contribution in [1.29, 1.82) is 5.26 Å². The lowest BCUT2D eigenvalue weighted by molar-refractivity contribution is 0.0370. The number of hydrogen-bond donors (Lipinski definition) is 0. The molecule has 2 aliphatic rings. The van der Waals surface area contributed by atoms with Crippen molar-refractivity contribution >= 4 is 11.5 Å². The first-order valence-corrected chi connectivity index (χ1v) is 10.9. The van der Waals surface area contributed by atoms with Crippen LogP contribution in [0.1, 0.15) is 39.9 Å². The van der Waals surface area contributed by atoms with Crippen LogP contribution in [0.4, 0.5) is 11.5 Å². The third-order valence-electron chi connectivity index (χ3n) is 6.38. The Hall–Kier alpha value is -3.57. The van der Waals surface area contributed by atoms with Crippen molar-refractivity contribution in [1.82, 2.24) is 20.2 Å². The third-order valence-corrected chi connectivity index (χ3v) is 6.38. The Labute approximate surface area is 187 Å². The first-order valence-electron chi connectivity index (χ1n) is 10.9. The molecule has 5 rings (SSSR count). The molecule has 0 aromatic carbocycles. The fourth-order valence-electron chi connectivity index (χ4n) is 4.40. The number of ether oxygens (including phenoxy) is 1. The minimum absolute atomic E-state index is 0.0444. The number of fused-ring (bicyclic) bond motifs is 1. The number of rotatable bonds is 3. The fraction of sp³-hybridized carbons (Fsp3) is 0.375. The normalized spacial score (nSPS) is 18.2. The predicted molar refractivity (Wildman–Crippen MR) is 120 cm³/mol. The van der Waals surface area contributed by atoms with Crippen LogP contribution in [0.3, 0.4) is 0 Å². The number of anilines is 2. The van der Waals surface area contributed by atoms with Gasteiger partial charge in [-0.1, -0.05) is 6.07 Å². The quantitative estimate of drug-likeness (QED) is 0.630. The molecule has 0 saturated carbocycles. The monoisotopic (exact) mass is 427 g/mol. The minimum atomic E-state index is -0.0444. The Morgan fingerprint density at radius 3 is 2.81 bits per heavy atom. The van der Waals surface area contributed by atoms with Crippen molar-refractivity contribution in [2.24, 2.45) is 0 Å². The van der Waals surface area contributed by atoms with Gasteiger partial charge in [-0.05, 0) is 48.7 Å². The van der Waals surface area contributed by atoms with Crippen molar-refractivity contribution in [2.45, 2.75) is 32.9 Å². The van der Waals surface area contributed by atoms with Gasteiger partial charge in [0, 0.05) is 37.9 Å². The molecule has 0 spiro atoms. The van der Waals surface area contributed by atoms with Gasteiger partial charge in [0.1, 0.15) is 12.2 Å². The smallest absolute Gasteiger partial charge is 0.166 e. The number of pyridine rings is 2. The zero-order valence-corrected chi connectivity index (χ0v) is 18.3. The van der Waals surface area contributed by atoms with E-state index >= 15 is 0 Å². The SMILES string of the molecule is Cc1c(C#N)nnc(N2CCc3ncc(N4CCOC(c5ccccn5)C4)cc3C2)c1C. The van der Waals surface area contributed by atoms with Crippen molar-refractivity contribution < 1.29 is 4.74 Å². The lowest BCUT2D eigenvalue weighted by atomic mass is 10.0. The molecule has 1 atom stereocenters. The zero-order valence-electron chi connectivity index (χ0n) is 18.3. The van der Waals surface area contributed by atoms with Crippen LogP contribution in [-0.4, -0.2) is 46.4 Å². The average Bonchev–Trinajstić information content (AvgIpc) is 2.85.